The van der Waals surface area contributed by atoms with E-state index < -0.39 is 17.6 Å². The topological polar surface area (TPSA) is 87.7 Å². The molecule has 4 rings (SSSR count). The molecule has 2 aromatic carbocycles. The van der Waals surface area contributed by atoms with Crippen LogP contribution < -0.4 is 15.4 Å². The maximum absolute atomic E-state index is 13.0. The average Bonchev–Trinajstić information content (AvgIpc) is 3.09. The van der Waals surface area contributed by atoms with Crippen LogP contribution in [-0.2, 0) is 11.0 Å². The second kappa shape index (κ2) is 8.43. The van der Waals surface area contributed by atoms with Gasteiger partial charge in [-0.2, -0.15) is 13.2 Å². The molecule has 3 aromatic rings. The maximum atomic E-state index is 13.0. The molecule has 0 aliphatic carbocycles. The van der Waals surface area contributed by atoms with E-state index in [-0.39, 0.29) is 40.3 Å². The number of benzene rings is 2. The Morgan fingerprint density at radius 1 is 1.24 bits per heavy atom. The monoisotopic (exact) mass is 476 g/mol. The lowest BCUT2D eigenvalue weighted by Gasteiger charge is -2.24. The zero-order chi connectivity index (χ0) is 23.9. The Bertz CT molecular complexity index is 1250. The summed E-state index contributed by atoms with van der Waals surface area (Å²) in [6, 6.07) is 9.20. The molecule has 0 bridgehead atoms. The first-order chi connectivity index (χ1) is 15.6. The number of halogens is 3. The van der Waals surface area contributed by atoms with Crippen molar-refractivity contribution < 1.29 is 32.6 Å². The van der Waals surface area contributed by atoms with Gasteiger partial charge in [0, 0.05) is 18.0 Å². The van der Waals surface area contributed by atoms with Crippen molar-refractivity contribution in [3.05, 3.63) is 69.6 Å². The van der Waals surface area contributed by atoms with Gasteiger partial charge in [-0.15, -0.1) is 11.3 Å². The van der Waals surface area contributed by atoms with Crippen LogP contribution in [0.1, 0.15) is 44.3 Å². The average molecular weight is 476 g/mol. The van der Waals surface area contributed by atoms with E-state index in [1.54, 1.807) is 19.1 Å². The Morgan fingerprint density at radius 3 is 2.70 bits per heavy atom. The van der Waals surface area contributed by atoms with Gasteiger partial charge in [0.15, 0.2) is 11.5 Å². The van der Waals surface area contributed by atoms with Crippen molar-refractivity contribution in [3.63, 3.8) is 0 Å². The Hall–Kier alpha value is -3.53. The SMILES string of the molecule is COc1cc([C@@H]2CC(=O)Nc3sc(C(=O)Nc4cccc(C(F)(F)F)c4)c(C)c32)ccc1O. The van der Waals surface area contributed by atoms with Crippen LogP contribution in [0, 0.1) is 6.92 Å². The van der Waals surface area contributed by atoms with E-state index in [1.807, 2.05) is 0 Å². The Kier molecular flexibility index (Phi) is 5.79. The molecule has 0 saturated carbocycles. The van der Waals surface area contributed by atoms with Crippen LogP contribution >= 0.6 is 11.3 Å². The predicted molar refractivity (Wildman–Crippen MR) is 118 cm³/mol. The predicted octanol–water partition coefficient (Wildman–Crippen LogP) is 5.52. The number of amides is 2. The lowest BCUT2D eigenvalue weighted by atomic mass is 9.84. The summed E-state index contributed by atoms with van der Waals surface area (Å²) in [7, 11) is 1.42. The number of methoxy groups -OCH3 is 1. The molecule has 6 nitrogen and oxygen atoms in total. The van der Waals surface area contributed by atoms with Gasteiger partial charge in [0.25, 0.3) is 5.91 Å². The van der Waals surface area contributed by atoms with Gasteiger partial charge in [-0.1, -0.05) is 12.1 Å². The molecule has 1 aliphatic heterocycles. The van der Waals surface area contributed by atoms with Crippen LogP contribution in [0.2, 0.25) is 0 Å². The molecule has 0 radical (unpaired) electrons. The van der Waals surface area contributed by atoms with Crippen molar-refractivity contribution >= 4 is 33.8 Å². The number of carbonyl (C=O) groups is 2. The summed E-state index contributed by atoms with van der Waals surface area (Å²) >= 11 is 1.07. The van der Waals surface area contributed by atoms with Crippen LogP contribution in [0.4, 0.5) is 23.9 Å². The molecule has 3 N–H and O–H groups in total. The number of ether oxygens (including phenoxy) is 1. The Balaban J connectivity index is 1.69. The number of thiophene rings is 1. The van der Waals surface area contributed by atoms with Crippen LogP contribution in [0.3, 0.4) is 0 Å². The van der Waals surface area contributed by atoms with E-state index in [9.17, 15) is 27.9 Å². The highest BCUT2D eigenvalue weighted by Gasteiger charge is 2.34. The van der Waals surface area contributed by atoms with E-state index in [1.165, 1.54) is 25.3 Å². The molecule has 1 aliphatic rings. The van der Waals surface area contributed by atoms with Gasteiger partial charge in [-0.05, 0) is 53.9 Å². The number of aromatic hydroxyl groups is 1. The van der Waals surface area contributed by atoms with Gasteiger partial charge in [0.2, 0.25) is 5.91 Å². The number of alkyl halides is 3. The van der Waals surface area contributed by atoms with Crippen molar-refractivity contribution in [1.29, 1.82) is 0 Å². The number of fused-ring (bicyclic) bond motifs is 1. The third kappa shape index (κ3) is 4.38. The standard InChI is InChI=1S/C23H19F3N2O4S/c1-11-19-15(12-6-7-16(29)17(8-12)32-2)10-18(30)28-22(19)33-20(11)21(31)27-14-5-3-4-13(9-14)23(24,25)26/h3-9,15,29H,10H2,1-2H3,(H,27,31)(H,28,30)/t15-/m0/s1. The third-order valence-electron chi connectivity index (χ3n) is 5.44. The van der Waals surface area contributed by atoms with Crippen molar-refractivity contribution in [3.8, 4) is 11.5 Å². The van der Waals surface area contributed by atoms with Gasteiger partial charge in [0.1, 0.15) is 0 Å². The summed E-state index contributed by atoms with van der Waals surface area (Å²) in [6.45, 7) is 1.73. The van der Waals surface area contributed by atoms with Gasteiger partial charge < -0.3 is 20.5 Å². The lowest BCUT2D eigenvalue weighted by molar-refractivity contribution is -0.137. The minimum absolute atomic E-state index is 0.0180. The molecule has 0 fully saturated rings. The summed E-state index contributed by atoms with van der Waals surface area (Å²) in [5, 5.41) is 15.7. The van der Waals surface area contributed by atoms with Gasteiger partial charge >= 0.3 is 6.18 Å². The largest absolute Gasteiger partial charge is 0.504 e. The summed E-state index contributed by atoms with van der Waals surface area (Å²) in [5.74, 6) is -0.955. The fourth-order valence-corrected chi connectivity index (χ4v) is 5.06. The van der Waals surface area contributed by atoms with Crippen LogP contribution in [-0.4, -0.2) is 24.0 Å². The molecule has 1 aromatic heterocycles. The Morgan fingerprint density at radius 2 is 2.00 bits per heavy atom. The highest BCUT2D eigenvalue weighted by atomic mass is 32.1. The summed E-state index contributed by atoms with van der Waals surface area (Å²) < 4.78 is 44.1. The number of nitrogens with one attached hydrogen (secondary N) is 2. The maximum Gasteiger partial charge on any atom is 0.416 e. The van der Waals surface area contributed by atoms with E-state index >= 15 is 0 Å². The zero-order valence-electron chi connectivity index (χ0n) is 17.5. The Labute approximate surface area is 191 Å². The quantitative estimate of drug-likeness (QED) is 0.463. The van der Waals surface area contributed by atoms with Gasteiger partial charge in [0.05, 0.1) is 22.6 Å². The van der Waals surface area contributed by atoms with Crippen molar-refractivity contribution in [2.45, 2.75) is 25.4 Å². The molecule has 10 heteroatoms. The number of rotatable bonds is 4. The van der Waals surface area contributed by atoms with Gasteiger partial charge in [-0.25, -0.2) is 0 Å². The first-order valence-electron chi connectivity index (χ1n) is 9.87. The molecule has 33 heavy (non-hydrogen) atoms. The van der Waals surface area contributed by atoms with Crippen molar-refractivity contribution in [1.82, 2.24) is 0 Å². The fraction of sp³-hybridized carbons (Fsp3) is 0.217. The van der Waals surface area contributed by atoms with Crippen LogP contribution in [0.15, 0.2) is 42.5 Å². The number of hydrogen-bond donors (Lipinski definition) is 3. The van der Waals surface area contributed by atoms with Crippen LogP contribution in [0.5, 0.6) is 11.5 Å². The first kappa shape index (κ1) is 22.7. The first-order valence-corrected chi connectivity index (χ1v) is 10.7. The molecular weight excluding hydrogens is 457 g/mol. The van der Waals surface area contributed by atoms with E-state index in [2.05, 4.69) is 10.6 Å². The number of carbonyl (C=O) groups excluding carboxylic acids is 2. The van der Waals surface area contributed by atoms with E-state index in [4.69, 9.17) is 4.74 Å². The summed E-state index contributed by atoms with van der Waals surface area (Å²) in [4.78, 5) is 25.6. The molecule has 2 heterocycles. The molecular formula is C23H19F3N2O4S. The van der Waals surface area contributed by atoms with Crippen molar-refractivity contribution in [2.24, 2.45) is 0 Å². The molecule has 0 spiro atoms. The third-order valence-corrected chi connectivity index (χ3v) is 6.67. The van der Waals surface area contributed by atoms with E-state index in [0.717, 1.165) is 34.6 Å². The van der Waals surface area contributed by atoms with Crippen LogP contribution in [0.25, 0.3) is 0 Å². The minimum atomic E-state index is -4.53. The number of hydrogen-bond acceptors (Lipinski definition) is 5. The number of phenolic OH excluding ortho intramolecular Hbond substituents is 1. The lowest BCUT2D eigenvalue weighted by Crippen LogP contribution is -2.22. The summed E-state index contributed by atoms with van der Waals surface area (Å²) in [5.41, 5.74) is 1.25. The minimum Gasteiger partial charge on any atom is -0.504 e. The second-order valence-electron chi connectivity index (χ2n) is 7.57. The van der Waals surface area contributed by atoms with Crippen molar-refractivity contribution in [2.75, 3.05) is 17.7 Å². The zero-order valence-corrected chi connectivity index (χ0v) is 18.4. The summed E-state index contributed by atoms with van der Waals surface area (Å²) in [6.07, 6.45) is -4.39. The van der Waals surface area contributed by atoms with Gasteiger partial charge in [-0.3, -0.25) is 9.59 Å². The van der Waals surface area contributed by atoms with E-state index in [0.29, 0.717) is 10.6 Å². The molecule has 2 amide bonds. The fourth-order valence-electron chi connectivity index (χ4n) is 3.88. The molecule has 1 atom stereocenters. The normalized spacial score (nSPS) is 15.5. The smallest absolute Gasteiger partial charge is 0.416 e. The highest BCUT2D eigenvalue weighted by Crippen LogP contribution is 2.46. The molecule has 0 saturated heterocycles. The molecule has 0 unspecified atom stereocenters. The highest BCUT2D eigenvalue weighted by molar-refractivity contribution is 7.18. The number of anilines is 2. The second-order valence-corrected chi connectivity index (χ2v) is 8.59. The number of phenols is 1. The molecule has 172 valence electrons.